The first kappa shape index (κ1) is 23.9. The van der Waals surface area contributed by atoms with Crippen LogP contribution >= 0.6 is 24.0 Å². The van der Waals surface area contributed by atoms with Gasteiger partial charge in [0.25, 0.3) is 0 Å². The number of carbonyl (C=O) groups excluding carboxylic acids is 1. The van der Waals surface area contributed by atoms with Crippen LogP contribution in [0.15, 0.2) is 35.3 Å². The second kappa shape index (κ2) is 12.4. The Kier molecular flexibility index (Phi) is 10.2. The van der Waals surface area contributed by atoms with Gasteiger partial charge in [0.05, 0.1) is 6.04 Å². The molecular weight excluding hydrogens is 477 g/mol. The van der Waals surface area contributed by atoms with Crippen LogP contribution in [-0.2, 0) is 4.79 Å². The van der Waals surface area contributed by atoms with Gasteiger partial charge in [0, 0.05) is 52.2 Å². The second-order valence-corrected chi connectivity index (χ2v) is 7.92. The van der Waals surface area contributed by atoms with Gasteiger partial charge in [0.1, 0.15) is 0 Å². The molecule has 1 saturated heterocycles. The first-order valence-electron chi connectivity index (χ1n) is 10.7. The summed E-state index contributed by atoms with van der Waals surface area (Å²) in [6.45, 7) is 7.62. The smallest absolute Gasteiger partial charge is 0.225 e. The lowest BCUT2D eigenvalue weighted by atomic mass is 10.1. The van der Waals surface area contributed by atoms with Crippen molar-refractivity contribution in [3.63, 3.8) is 0 Å². The summed E-state index contributed by atoms with van der Waals surface area (Å²) in [5, 5.41) is 6.85. The maximum absolute atomic E-state index is 12.5. The van der Waals surface area contributed by atoms with Crippen molar-refractivity contribution < 1.29 is 4.79 Å². The lowest BCUT2D eigenvalue weighted by Gasteiger charge is -2.36. The minimum absolute atomic E-state index is 0. The third kappa shape index (κ3) is 7.13. The number of benzene rings is 1. The van der Waals surface area contributed by atoms with E-state index < -0.39 is 0 Å². The summed E-state index contributed by atoms with van der Waals surface area (Å²) in [4.78, 5) is 21.4. The molecule has 1 aliphatic heterocycles. The summed E-state index contributed by atoms with van der Waals surface area (Å²) < 4.78 is 0. The predicted octanol–water partition coefficient (Wildman–Crippen LogP) is 2.87. The standard InChI is InChI=1S/C22H35N5O.HI/c1-18(19-8-4-3-5-9-19)25-22(23-2)24-12-13-26-14-16-27(17-15-26)21(28)20-10-6-7-11-20;/h3-5,8-9,18,20H,6-7,10-17H2,1-2H3,(H2,23,24,25);1H. The average molecular weight is 513 g/mol. The van der Waals surface area contributed by atoms with Crippen LogP contribution in [0.3, 0.4) is 0 Å². The molecule has 1 amide bonds. The van der Waals surface area contributed by atoms with E-state index in [0.717, 1.165) is 58.1 Å². The van der Waals surface area contributed by atoms with Crippen molar-refractivity contribution in [3.05, 3.63) is 35.9 Å². The van der Waals surface area contributed by atoms with Crippen molar-refractivity contribution in [2.75, 3.05) is 46.3 Å². The number of amides is 1. The Balaban J connectivity index is 0.00000300. The summed E-state index contributed by atoms with van der Waals surface area (Å²) in [6.07, 6.45) is 4.63. The maximum atomic E-state index is 12.5. The summed E-state index contributed by atoms with van der Waals surface area (Å²) in [5.41, 5.74) is 1.24. The Bertz CT molecular complexity index is 640. The molecule has 2 fully saturated rings. The van der Waals surface area contributed by atoms with Crippen LogP contribution in [0.25, 0.3) is 0 Å². The van der Waals surface area contributed by atoms with E-state index in [9.17, 15) is 4.79 Å². The molecule has 3 rings (SSSR count). The number of rotatable bonds is 6. The number of guanidine groups is 1. The van der Waals surface area contributed by atoms with Gasteiger partial charge < -0.3 is 15.5 Å². The average Bonchev–Trinajstić information content (AvgIpc) is 3.28. The van der Waals surface area contributed by atoms with E-state index in [1.807, 2.05) is 6.07 Å². The molecule has 1 heterocycles. The summed E-state index contributed by atoms with van der Waals surface area (Å²) in [7, 11) is 1.81. The van der Waals surface area contributed by atoms with Crippen molar-refractivity contribution in [2.45, 2.75) is 38.6 Å². The van der Waals surface area contributed by atoms with Gasteiger partial charge in [0.15, 0.2) is 5.96 Å². The molecule has 0 spiro atoms. The van der Waals surface area contributed by atoms with E-state index in [4.69, 9.17) is 0 Å². The predicted molar refractivity (Wildman–Crippen MR) is 130 cm³/mol. The molecule has 1 aromatic rings. The molecule has 1 unspecified atom stereocenters. The molecule has 0 bridgehead atoms. The minimum Gasteiger partial charge on any atom is -0.355 e. The van der Waals surface area contributed by atoms with E-state index in [1.54, 1.807) is 7.05 Å². The van der Waals surface area contributed by atoms with Crippen molar-refractivity contribution in [3.8, 4) is 0 Å². The molecule has 162 valence electrons. The van der Waals surface area contributed by atoms with Gasteiger partial charge in [-0.05, 0) is 25.3 Å². The van der Waals surface area contributed by atoms with Gasteiger partial charge in [-0.3, -0.25) is 14.7 Å². The second-order valence-electron chi connectivity index (χ2n) is 7.92. The molecule has 0 aromatic heterocycles. The molecule has 7 heteroatoms. The van der Waals surface area contributed by atoms with Crippen LogP contribution in [0, 0.1) is 5.92 Å². The van der Waals surface area contributed by atoms with Crippen molar-refractivity contribution >= 4 is 35.8 Å². The molecule has 1 saturated carbocycles. The molecule has 29 heavy (non-hydrogen) atoms. The van der Waals surface area contributed by atoms with E-state index >= 15 is 0 Å². The van der Waals surface area contributed by atoms with Crippen LogP contribution in [-0.4, -0.2) is 68.0 Å². The topological polar surface area (TPSA) is 60.0 Å². The van der Waals surface area contributed by atoms with Crippen LogP contribution in [0.5, 0.6) is 0 Å². The van der Waals surface area contributed by atoms with Crippen molar-refractivity contribution in [2.24, 2.45) is 10.9 Å². The van der Waals surface area contributed by atoms with Crippen LogP contribution in [0.2, 0.25) is 0 Å². The van der Waals surface area contributed by atoms with Crippen molar-refractivity contribution in [1.82, 2.24) is 20.4 Å². The molecule has 1 aromatic carbocycles. The zero-order valence-electron chi connectivity index (χ0n) is 17.8. The Hall–Kier alpha value is -1.35. The Labute approximate surface area is 192 Å². The first-order chi connectivity index (χ1) is 13.7. The first-order valence-corrected chi connectivity index (χ1v) is 10.7. The number of piperazine rings is 1. The number of halogens is 1. The molecule has 2 N–H and O–H groups in total. The fraction of sp³-hybridized carbons (Fsp3) is 0.636. The highest BCUT2D eigenvalue weighted by Gasteiger charge is 2.29. The quantitative estimate of drug-likeness (QED) is 0.349. The van der Waals surface area contributed by atoms with E-state index in [0.29, 0.717) is 11.8 Å². The Morgan fingerprint density at radius 3 is 2.41 bits per heavy atom. The lowest BCUT2D eigenvalue weighted by molar-refractivity contribution is -0.137. The van der Waals surface area contributed by atoms with Crippen LogP contribution < -0.4 is 10.6 Å². The molecule has 2 aliphatic rings. The van der Waals surface area contributed by atoms with Gasteiger partial charge in [-0.15, -0.1) is 24.0 Å². The molecular formula is C22H36IN5O. The van der Waals surface area contributed by atoms with Gasteiger partial charge in [-0.1, -0.05) is 43.2 Å². The van der Waals surface area contributed by atoms with E-state index in [1.165, 1.54) is 18.4 Å². The monoisotopic (exact) mass is 513 g/mol. The zero-order valence-corrected chi connectivity index (χ0v) is 20.1. The largest absolute Gasteiger partial charge is 0.355 e. The number of hydrogen-bond donors (Lipinski definition) is 2. The fourth-order valence-corrected chi connectivity index (χ4v) is 4.18. The van der Waals surface area contributed by atoms with Gasteiger partial charge in [-0.25, -0.2) is 0 Å². The van der Waals surface area contributed by atoms with Gasteiger partial charge in [-0.2, -0.15) is 0 Å². The van der Waals surface area contributed by atoms with Crippen LogP contribution in [0.1, 0.15) is 44.2 Å². The third-order valence-corrected chi connectivity index (χ3v) is 5.99. The van der Waals surface area contributed by atoms with Gasteiger partial charge >= 0.3 is 0 Å². The maximum Gasteiger partial charge on any atom is 0.225 e. The highest BCUT2D eigenvalue weighted by Crippen LogP contribution is 2.26. The molecule has 0 radical (unpaired) electrons. The number of aliphatic imine (C=N–C) groups is 1. The summed E-state index contributed by atoms with van der Waals surface area (Å²) in [6, 6.07) is 10.6. The number of carbonyl (C=O) groups is 1. The fourth-order valence-electron chi connectivity index (χ4n) is 4.18. The molecule has 1 aliphatic carbocycles. The number of hydrogen-bond acceptors (Lipinski definition) is 3. The number of nitrogens with zero attached hydrogens (tertiary/aromatic N) is 3. The Morgan fingerprint density at radius 1 is 1.14 bits per heavy atom. The molecule has 6 nitrogen and oxygen atoms in total. The van der Waals surface area contributed by atoms with Gasteiger partial charge in [0.2, 0.25) is 5.91 Å². The van der Waals surface area contributed by atoms with E-state index in [-0.39, 0.29) is 30.0 Å². The van der Waals surface area contributed by atoms with Crippen LogP contribution in [0.4, 0.5) is 0 Å². The highest BCUT2D eigenvalue weighted by molar-refractivity contribution is 14.0. The highest BCUT2D eigenvalue weighted by atomic mass is 127. The normalized spacial score (nSPS) is 19.5. The Morgan fingerprint density at radius 2 is 1.79 bits per heavy atom. The van der Waals surface area contributed by atoms with E-state index in [2.05, 4.69) is 56.6 Å². The SMILES string of the molecule is CN=C(NCCN1CCN(C(=O)C2CCCC2)CC1)NC(C)c1ccccc1.I. The summed E-state index contributed by atoms with van der Waals surface area (Å²) in [5.74, 6) is 1.52. The zero-order chi connectivity index (χ0) is 19.8. The van der Waals surface area contributed by atoms with Crippen molar-refractivity contribution in [1.29, 1.82) is 0 Å². The summed E-state index contributed by atoms with van der Waals surface area (Å²) >= 11 is 0. The lowest BCUT2D eigenvalue weighted by Crippen LogP contribution is -2.52. The molecule has 1 atom stereocenters. The minimum atomic E-state index is 0. The third-order valence-electron chi connectivity index (χ3n) is 5.99. The number of nitrogens with one attached hydrogen (secondary N) is 2.